The number of hydrogen-bond acceptors (Lipinski definition) is 5. The average Bonchev–Trinajstić information content (AvgIpc) is 3.35. The van der Waals surface area contributed by atoms with Gasteiger partial charge in [-0.2, -0.15) is 30.7 Å². The summed E-state index contributed by atoms with van der Waals surface area (Å²) in [6, 6.07) is 0. The van der Waals surface area contributed by atoms with Crippen LogP contribution in [0.15, 0.2) is 4.40 Å². The number of nitrogens with zero attached hydrogens (tertiary/aromatic N) is 3. The third-order valence-electron chi connectivity index (χ3n) is 7.59. The molecule has 17 heteroatoms. The first kappa shape index (κ1) is 45.1. The smallest absolute Gasteiger partial charge is 0.329 e. The molecule has 2 aliphatic rings. The number of carbonyl (C=O) groups is 3. The molecule has 0 saturated carbocycles. The number of amides is 2. The first-order valence-electron chi connectivity index (χ1n) is 15.2. The zero-order valence-corrected chi connectivity index (χ0v) is 30.6. The van der Waals surface area contributed by atoms with Crippen LogP contribution in [0.5, 0.6) is 0 Å². The molecule has 2 aliphatic heterocycles. The zero-order chi connectivity index (χ0) is 37.4. The van der Waals surface area contributed by atoms with Gasteiger partial charge in [0.15, 0.2) is 0 Å². The van der Waals surface area contributed by atoms with Crippen LogP contribution < -0.4 is 5.14 Å². The zero-order valence-electron chi connectivity index (χ0n) is 29.0. The minimum absolute atomic E-state index is 0.00850. The van der Waals surface area contributed by atoms with Crippen molar-refractivity contribution < 1.29 is 49.1 Å². The van der Waals surface area contributed by atoms with Gasteiger partial charge < -0.3 is 14.6 Å². The molecule has 2 saturated heterocycles. The van der Waals surface area contributed by atoms with Gasteiger partial charge in [0.1, 0.15) is 17.3 Å². The number of likely N-dealkylation sites (tertiary alicyclic amines) is 2. The molecular weight excluding hydrogens is 674 g/mol. The van der Waals surface area contributed by atoms with Gasteiger partial charge in [-0.1, -0.05) is 0 Å². The van der Waals surface area contributed by atoms with Gasteiger partial charge in [-0.3, -0.25) is 14.7 Å². The van der Waals surface area contributed by atoms with Crippen molar-refractivity contribution in [2.75, 3.05) is 13.1 Å². The summed E-state index contributed by atoms with van der Waals surface area (Å²) < 4.78 is 100. The van der Waals surface area contributed by atoms with Gasteiger partial charge in [0, 0.05) is 36.8 Å². The Morgan fingerprint density at radius 1 is 0.766 bits per heavy atom. The van der Waals surface area contributed by atoms with E-state index >= 15 is 0 Å². The van der Waals surface area contributed by atoms with Crippen molar-refractivity contribution in [3.8, 4) is 0 Å². The van der Waals surface area contributed by atoms with Gasteiger partial charge in [0.05, 0.1) is 20.5 Å². The molecule has 0 aliphatic carbocycles. The van der Waals surface area contributed by atoms with E-state index in [4.69, 9.17) is 5.14 Å². The maximum absolute atomic E-state index is 12.6. The Hall–Kier alpha value is -1.88. The van der Waals surface area contributed by atoms with Crippen molar-refractivity contribution in [2.45, 2.75) is 141 Å². The fraction of sp³-hybridized carbons (Fsp3) is 0.867. The van der Waals surface area contributed by atoms with Crippen LogP contribution in [0.3, 0.4) is 0 Å². The first-order valence-corrected chi connectivity index (χ1v) is 17.5. The van der Waals surface area contributed by atoms with E-state index < -0.39 is 62.0 Å². The van der Waals surface area contributed by atoms with Crippen LogP contribution >= 0.6 is 0 Å². The molecule has 0 aromatic carbocycles. The van der Waals surface area contributed by atoms with Crippen molar-refractivity contribution >= 4 is 46.3 Å². The molecule has 2 heterocycles. The Morgan fingerprint density at radius 2 is 1.11 bits per heavy atom. The maximum atomic E-state index is 12.6. The van der Waals surface area contributed by atoms with E-state index in [9.17, 15) is 49.1 Å². The van der Waals surface area contributed by atoms with Gasteiger partial charge in [-0.25, -0.2) is 8.42 Å². The lowest BCUT2D eigenvalue weighted by atomic mass is 9.93. The summed E-state index contributed by atoms with van der Waals surface area (Å²) in [6.45, 7) is 17.7. The topological polar surface area (TPSA) is 130 Å². The Morgan fingerprint density at radius 3 is 1.38 bits per heavy atom. The minimum Gasteiger partial charge on any atom is -0.329 e. The van der Waals surface area contributed by atoms with E-state index in [1.165, 1.54) is 0 Å². The number of rotatable bonds is 7. The van der Waals surface area contributed by atoms with E-state index in [1.807, 2.05) is 41.5 Å². The number of halogens is 6. The van der Waals surface area contributed by atoms with E-state index in [0.29, 0.717) is 38.5 Å². The number of carbonyl (C=O) groups excluding carboxylic acids is 3. The molecule has 47 heavy (non-hydrogen) atoms. The lowest BCUT2D eigenvalue weighted by Gasteiger charge is -2.31. The summed E-state index contributed by atoms with van der Waals surface area (Å²) >= 11 is 0. The van der Waals surface area contributed by atoms with Crippen molar-refractivity contribution in [2.24, 2.45) is 21.4 Å². The number of aldehydes is 1. The van der Waals surface area contributed by atoms with Gasteiger partial charge in [0.2, 0.25) is 0 Å². The van der Waals surface area contributed by atoms with Gasteiger partial charge in [-0.05, 0) is 113 Å². The fourth-order valence-electron chi connectivity index (χ4n) is 5.07. The SMILES string of the molecule is CC(C)(C)S(N)=O.CC1(C)C[C@H](CCC=NS(=O)C(C)(C)C)CN1C(=O)C(F)(F)F.CC1(C)C[C@H](CCC=O)CN1C(=O)C(F)(F)F. The highest BCUT2D eigenvalue weighted by Crippen LogP contribution is 2.38. The second-order valence-electron chi connectivity index (χ2n) is 15.0. The molecule has 0 spiro atoms. The van der Waals surface area contributed by atoms with Crippen molar-refractivity contribution in [1.82, 2.24) is 9.80 Å². The molecule has 2 amide bonds. The highest BCUT2D eigenvalue weighted by molar-refractivity contribution is 7.85. The van der Waals surface area contributed by atoms with Crippen LogP contribution in [0.2, 0.25) is 0 Å². The van der Waals surface area contributed by atoms with Crippen molar-refractivity contribution in [1.29, 1.82) is 0 Å². The fourth-order valence-corrected chi connectivity index (χ4v) is 5.63. The predicted octanol–water partition coefficient (Wildman–Crippen LogP) is 6.05. The van der Waals surface area contributed by atoms with Gasteiger partial charge >= 0.3 is 24.2 Å². The molecule has 2 rings (SSSR count). The summed E-state index contributed by atoms with van der Waals surface area (Å²) in [7, 11) is -2.51. The molecule has 0 radical (unpaired) electrons. The van der Waals surface area contributed by atoms with Gasteiger partial charge in [0.25, 0.3) is 0 Å². The molecule has 4 atom stereocenters. The third kappa shape index (κ3) is 15.5. The minimum atomic E-state index is -4.84. The summed E-state index contributed by atoms with van der Waals surface area (Å²) in [5.74, 6) is -3.59. The van der Waals surface area contributed by atoms with Crippen LogP contribution in [-0.4, -0.2) is 88.5 Å². The second-order valence-corrected chi connectivity index (χ2v) is 18.7. The van der Waals surface area contributed by atoms with Crippen LogP contribution in [0.4, 0.5) is 26.3 Å². The number of hydrogen-bond donors (Lipinski definition) is 1. The highest BCUT2D eigenvalue weighted by atomic mass is 32.2. The molecular formula is C30H52F6N4O5S2. The molecule has 2 fully saturated rings. The Balaban J connectivity index is 0.000000770. The number of nitrogens with two attached hydrogens (primary N) is 1. The molecule has 2 N–H and O–H groups in total. The first-order chi connectivity index (χ1) is 20.9. The molecule has 276 valence electrons. The normalized spacial score (nSPS) is 22.6. The molecule has 9 nitrogen and oxygen atoms in total. The summed E-state index contributed by atoms with van der Waals surface area (Å²) in [5.41, 5.74) is -1.59. The van der Waals surface area contributed by atoms with E-state index in [2.05, 4.69) is 4.40 Å². The molecule has 0 bridgehead atoms. The summed E-state index contributed by atoms with van der Waals surface area (Å²) in [5, 5.41) is 5.04. The molecule has 0 aromatic heterocycles. The van der Waals surface area contributed by atoms with Crippen LogP contribution in [0, 0.1) is 11.8 Å². The summed E-state index contributed by atoms with van der Waals surface area (Å²) in [6.07, 6.45) is -4.29. The largest absolute Gasteiger partial charge is 0.471 e. The van der Waals surface area contributed by atoms with E-state index in [0.717, 1.165) is 16.1 Å². The van der Waals surface area contributed by atoms with E-state index in [1.54, 1.807) is 33.9 Å². The molecule has 2 unspecified atom stereocenters. The van der Waals surface area contributed by atoms with Crippen molar-refractivity contribution in [3.05, 3.63) is 0 Å². The second kappa shape index (κ2) is 17.2. The summed E-state index contributed by atoms with van der Waals surface area (Å²) in [4.78, 5) is 34.8. The van der Waals surface area contributed by atoms with Crippen LogP contribution in [-0.2, 0) is 36.4 Å². The Kier molecular flexibility index (Phi) is 16.5. The standard InChI is InChI=1S/C15H25F3N2O2S.C11H16F3NO2.C4H11NOS/c1-13(2,3)23(22)19-8-6-7-11-9-14(4,5)20(10-11)12(21)15(16,17)18;1-10(2)6-8(4-3-5-16)7-15(10)9(17)11(12,13)14;1-4(2,3)7(5)6/h8,11H,6-7,9-10H2,1-5H3;5,8H,3-4,6-7H2,1-2H3;5H2,1-3H3/t11-,23?;8-;/m00./s1. The number of alkyl halides is 6. The quantitative estimate of drug-likeness (QED) is 0.194. The predicted molar refractivity (Wildman–Crippen MR) is 173 cm³/mol. The molecule has 0 aromatic rings. The lowest BCUT2D eigenvalue weighted by Crippen LogP contribution is -2.48. The maximum Gasteiger partial charge on any atom is 0.471 e. The van der Waals surface area contributed by atoms with Crippen LogP contribution in [0.1, 0.15) is 108 Å². The third-order valence-corrected chi connectivity index (χ3v) is 10.2. The van der Waals surface area contributed by atoms with Crippen LogP contribution in [0.25, 0.3) is 0 Å². The highest BCUT2D eigenvalue weighted by Gasteiger charge is 2.51. The van der Waals surface area contributed by atoms with Crippen molar-refractivity contribution in [3.63, 3.8) is 0 Å². The lowest BCUT2D eigenvalue weighted by molar-refractivity contribution is -0.188. The average molecular weight is 727 g/mol. The Labute approximate surface area is 280 Å². The monoisotopic (exact) mass is 726 g/mol. The Bertz CT molecular complexity index is 1150. The van der Waals surface area contributed by atoms with Gasteiger partial charge in [-0.15, -0.1) is 0 Å². The van der Waals surface area contributed by atoms with E-state index in [-0.39, 0.29) is 29.7 Å².